The lowest BCUT2D eigenvalue weighted by Gasteiger charge is -2.03. The first-order valence-corrected chi connectivity index (χ1v) is 3.51. The molecule has 0 fully saturated rings. The van der Waals surface area contributed by atoms with Gasteiger partial charge in [-0.1, -0.05) is 6.07 Å². The minimum atomic E-state index is -0.896. The predicted molar refractivity (Wildman–Crippen MR) is 42.3 cm³/mol. The number of benzene rings is 1. The van der Waals surface area contributed by atoms with E-state index >= 15 is 0 Å². The molecule has 0 spiro atoms. The van der Waals surface area contributed by atoms with Crippen molar-refractivity contribution in [3.8, 4) is 0 Å². The van der Waals surface area contributed by atoms with E-state index in [1.165, 1.54) is 6.07 Å². The van der Waals surface area contributed by atoms with Gasteiger partial charge in [0.1, 0.15) is 0 Å². The van der Waals surface area contributed by atoms with Gasteiger partial charge in [0, 0.05) is 0 Å². The molecule has 0 aliphatic heterocycles. The molecule has 1 rings (SSSR count). The van der Waals surface area contributed by atoms with E-state index in [0.717, 1.165) is 12.1 Å². The SMILES string of the molecule is NC(S)c1ccc(F)c(F)c1. The number of hydrogen-bond acceptors (Lipinski definition) is 2. The molecule has 0 saturated carbocycles. The van der Waals surface area contributed by atoms with Gasteiger partial charge in [-0.2, -0.15) is 12.6 Å². The van der Waals surface area contributed by atoms with Crippen LogP contribution in [0.1, 0.15) is 10.9 Å². The van der Waals surface area contributed by atoms with Crippen LogP contribution < -0.4 is 5.73 Å². The molecule has 60 valence electrons. The molecule has 0 aliphatic rings. The summed E-state index contributed by atoms with van der Waals surface area (Å²) >= 11 is 3.86. The van der Waals surface area contributed by atoms with Crippen LogP contribution in [0.3, 0.4) is 0 Å². The van der Waals surface area contributed by atoms with Gasteiger partial charge in [0.15, 0.2) is 11.6 Å². The Morgan fingerprint density at radius 2 is 1.91 bits per heavy atom. The average molecular weight is 175 g/mol. The Morgan fingerprint density at radius 1 is 1.27 bits per heavy atom. The van der Waals surface area contributed by atoms with E-state index < -0.39 is 17.0 Å². The van der Waals surface area contributed by atoms with Gasteiger partial charge in [0.05, 0.1) is 5.37 Å². The fraction of sp³-hybridized carbons (Fsp3) is 0.143. The highest BCUT2D eigenvalue weighted by Crippen LogP contribution is 2.16. The van der Waals surface area contributed by atoms with Gasteiger partial charge in [-0.05, 0) is 17.7 Å². The quantitative estimate of drug-likeness (QED) is 0.494. The van der Waals surface area contributed by atoms with Crippen LogP contribution in [0.5, 0.6) is 0 Å². The van der Waals surface area contributed by atoms with Gasteiger partial charge in [0.2, 0.25) is 0 Å². The zero-order valence-corrected chi connectivity index (χ0v) is 6.48. The van der Waals surface area contributed by atoms with Crippen LogP contribution in [0.15, 0.2) is 18.2 Å². The van der Waals surface area contributed by atoms with Gasteiger partial charge in [-0.25, -0.2) is 8.78 Å². The van der Waals surface area contributed by atoms with Crippen molar-refractivity contribution >= 4 is 12.6 Å². The molecule has 0 aromatic heterocycles. The topological polar surface area (TPSA) is 26.0 Å². The maximum atomic E-state index is 12.5. The lowest BCUT2D eigenvalue weighted by atomic mass is 10.2. The second kappa shape index (κ2) is 3.19. The Labute approximate surface area is 68.6 Å². The van der Waals surface area contributed by atoms with E-state index in [4.69, 9.17) is 5.73 Å². The molecule has 0 amide bonds. The molecule has 2 N–H and O–H groups in total. The molecule has 0 aliphatic carbocycles. The Morgan fingerprint density at radius 3 is 2.36 bits per heavy atom. The number of hydrogen-bond donors (Lipinski definition) is 2. The monoisotopic (exact) mass is 175 g/mol. The van der Waals surface area contributed by atoms with E-state index in [0.29, 0.717) is 5.56 Å². The lowest BCUT2D eigenvalue weighted by molar-refractivity contribution is 0.507. The first kappa shape index (κ1) is 8.49. The summed E-state index contributed by atoms with van der Waals surface area (Å²) < 4.78 is 24.8. The number of thiol groups is 1. The lowest BCUT2D eigenvalue weighted by Crippen LogP contribution is -2.02. The summed E-state index contributed by atoms with van der Waals surface area (Å²) in [6, 6.07) is 3.46. The van der Waals surface area contributed by atoms with Crippen LogP contribution in [-0.4, -0.2) is 0 Å². The van der Waals surface area contributed by atoms with Crippen molar-refractivity contribution in [3.63, 3.8) is 0 Å². The molecule has 4 heteroatoms. The summed E-state index contributed by atoms with van der Waals surface area (Å²) in [6.07, 6.45) is 0. The molecule has 0 saturated heterocycles. The van der Waals surface area contributed by atoms with Crippen LogP contribution in [0, 0.1) is 11.6 Å². The summed E-state index contributed by atoms with van der Waals surface area (Å²) in [7, 11) is 0. The summed E-state index contributed by atoms with van der Waals surface area (Å²) in [5.41, 5.74) is 5.77. The molecule has 1 unspecified atom stereocenters. The first-order valence-electron chi connectivity index (χ1n) is 3.00. The van der Waals surface area contributed by atoms with Crippen molar-refractivity contribution in [1.82, 2.24) is 0 Å². The third-order valence-corrected chi connectivity index (χ3v) is 1.58. The third-order valence-electron chi connectivity index (χ3n) is 1.29. The van der Waals surface area contributed by atoms with Crippen LogP contribution in [0.2, 0.25) is 0 Å². The van der Waals surface area contributed by atoms with Crippen molar-refractivity contribution in [1.29, 1.82) is 0 Å². The largest absolute Gasteiger partial charge is 0.316 e. The maximum Gasteiger partial charge on any atom is 0.159 e. The summed E-state index contributed by atoms with van der Waals surface area (Å²) in [6.45, 7) is 0. The van der Waals surface area contributed by atoms with Gasteiger partial charge < -0.3 is 5.73 Å². The smallest absolute Gasteiger partial charge is 0.159 e. The van der Waals surface area contributed by atoms with Gasteiger partial charge in [-0.15, -0.1) is 0 Å². The Hall–Kier alpha value is -0.610. The van der Waals surface area contributed by atoms with E-state index in [-0.39, 0.29) is 0 Å². The van der Waals surface area contributed by atoms with Crippen LogP contribution in [0.25, 0.3) is 0 Å². The standard InChI is InChI=1S/C7H7F2NS/c8-5-2-1-4(7(10)11)3-6(5)9/h1-3,7,11H,10H2. The molecule has 0 heterocycles. The van der Waals surface area contributed by atoms with Crippen LogP contribution >= 0.6 is 12.6 Å². The zero-order valence-electron chi connectivity index (χ0n) is 5.59. The third kappa shape index (κ3) is 1.91. The van der Waals surface area contributed by atoms with E-state index in [9.17, 15) is 8.78 Å². The van der Waals surface area contributed by atoms with E-state index in [2.05, 4.69) is 12.6 Å². The molecule has 0 radical (unpaired) electrons. The Kier molecular flexibility index (Phi) is 2.46. The zero-order chi connectivity index (χ0) is 8.43. The van der Waals surface area contributed by atoms with Gasteiger partial charge in [-0.3, -0.25) is 0 Å². The molecular weight excluding hydrogens is 168 g/mol. The van der Waals surface area contributed by atoms with Gasteiger partial charge in [0.25, 0.3) is 0 Å². The highest BCUT2D eigenvalue weighted by molar-refractivity contribution is 7.80. The summed E-state index contributed by atoms with van der Waals surface area (Å²) in [5, 5.41) is -0.565. The minimum Gasteiger partial charge on any atom is -0.316 e. The first-order chi connectivity index (χ1) is 5.11. The highest BCUT2D eigenvalue weighted by atomic mass is 32.1. The summed E-state index contributed by atoms with van der Waals surface area (Å²) in [4.78, 5) is 0. The van der Waals surface area contributed by atoms with Crippen molar-refractivity contribution in [3.05, 3.63) is 35.4 Å². The minimum absolute atomic E-state index is 0.465. The van der Waals surface area contributed by atoms with Crippen molar-refractivity contribution in [2.24, 2.45) is 5.73 Å². The molecule has 1 nitrogen and oxygen atoms in total. The van der Waals surface area contributed by atoms with Crippen molar-refractivity contribution in [2.75, 3.05) is 0 Å². The van der Waals surface area contributed by atoms with Crippen LogP contribution in [0.4, 0.5) is 8.78 Å². The normalized spacial score (nSPS) is 13.1. The van der Waals surface area contributed by atoms with E-state index in [1.807, 2.05) is 0 Å². The summed E-state index contributed by atoms with van der Waals surface area (Å²) in [5.74, 6) is -1.77. The van der Waals surface area contributed by atoms with Crippen molar-refractivity contribution in [2.45, 2.75) is 5.37 Å². The molecule has 0 bridgehead atoms. The number of halogens is 2. The van der Waals surface area contributed by atoms with Crippen molar-refractivity contribution < 1.29 is 8.78 Å². The highest BCUT2D eigenvalue weighted by Gasteiger charge is 2.04. The Balaban J connectivity index is 3.05. The Bertz CT molecular complexity index is 263. The van der Waals surface area contributed by atoms with E-state index in [1.54, 1.807) is 0 Å². The fourth-order valence-corrected chi connectivity index (χ4v) is 0.857. The molecule has 1 aromatic carbocycles. The molecule has 1 aromatic rings. The molecule has 11 heavy (non-hydrogen) atoms. The molecule has 1 atom stereocenters. The number of rotatable bonds is 1. The predicted octanol–water partition coefficient (Wildman–Crippen LogP) is 1.85. The van der Waals surface area contributed by atoms with Crippen LogP contribution in [-0.2, 0) is 0 Å². The van der Waals surface area contributed by atoms with Gasteiger partial charge >= 0.3 is 0 Å². The number of nitrogens with two attached hydrogens (primary N) is 1. The molecular formula is C7H7F2NS. The fourth-order valence-electron chi connectivity index (χ4n) is 0.696. The average Bonchev–Trinajstić information content (AvgIpc) is 1.94. The maximum absolute atomic E-state index is 12.5. The second-order valence-corrected chi connectivity index (χ2v) is 2.67. The second-order valence-electron chi connectivity index (χ2n) is 2.12.